The van der Waals surface area contributed by atoms with E-state index in [-0.39, 0.29) is 17.9 Å². The fourth-order valence-electron chi connectivity index (χ4n) is 3.61. The molecule has 0 aliphatic heterocycles. The van der Waals surface area contributed by atoms with Crippen molar-refractivity contribution in [2.45, 2.75) is 71.9 Å². The summed E-state index contributed by atoms with van der Waals surface area (Å²) in [6.07, 6.45) is 3.45. The molecule has 0 aliphatic rings. The van der Waals surface area contributed by atoms with Gasteiger partial charge in [0.05, 0.1) is 0 Å². The number of aryl methyl sites for hydroxylation is 2. The Labute approximate surface area is 181 Å². The second-order valence-electron chi connectivity index (χ2n) is 8.08. The van der Waals surface area contributed by atoms with Crippen LogP contribution in [0.3, 0.4) is 0 Å². The smallest absolute Gasteiger partial charge is 0.242 e. The molecule has 0 radical (unpaired) electrons. The fraction of sp³-hybridized carbons (Fsp3) is 0.462. The first-order valence-electron chi connectivity index (χ1n) is 11.2. The molecule has 1 N–H and O–H groups in total. The second-order valence-corrected chi connectivity index (χ2v) is 8.08. The number of hydrogen-bond donors (Lipinski definition) is 1. The minimum atomic E-state index is -0.439. The lowest BCUT2D eigenvalue weighted by Crippen LogP contribution is -2.51. The summed E-state index contributed by atoms with van der Waals surface area (Å²) in [5.74, 6) is -0.0301. The highest BCUT2D eigenvalue weighted by Crippen LogP contribution is 2.14. The Morgan fingerprint density at radius 3 is 2.03 bits per heavy atom. The minimum absolute atomic E-state index is 0.0382. The molecular weight excluding hydrogens is 372 g/mol. The fourth-order valence-corrected chi connectivity index (χ4v) is 3.61. The molecule has 0 saturated heterocycles. The second kappa shape index (κ2) is 12.2. The van der Waals surface area contributed by atoms with Gasteiger partial charge in [0.1, 0.15) is 6.04 Å². The van der Waals surface area contributed by atoms with Crippen molar-refractivity contribution in [3.63, 3.8) is 0 Å². The van der Waals surface area contributed by atoms with E-state index >= 15 is 0 Å². The Morgan fingerprint density at radius 2 is 1.47 bits per heavy atom. The van der Waals surface area contributed by atoms with Gasteiger partial charge in [-0.05, 0) is 56.2 Å². The van der Waals surface area contributed by atoms with Crippen molar-refractivity contribution >= 4 is 11.8 Å². The third-order valence-corrected chi connectivity index (χ3v) is 5.36. The lowest BCUT2D eigenvalue weighted by molar-refractivity contribution is -0.140. The molecular formula is C26H36N2O2. The van der Waals surface area contributed by atoms with Gasteiger partial charge in [-0.3, -0.25) is 9.59 Å². The highest BCUT2D eigenvalue weighted by atomic mass is 16.2. The zero-order valence-corrected chi connectivity index (χ0v) is 18.9. The number of carbonyl (C=O) groups excluding carboxylic acids is 2. The van der Waals surface area contributed by atoms with Crippen molar-refractivity contribution in [2.24, 2.45) is 0 Å². The summed E-state index contributed by atoms with van der Waals surface area (Å²) in [5.41, 5.74) is 3.62. The quantitative estimate of drug-likeness (QED) is 0.593. The Bertz CT molecular complexity index is 784. The van der Waals surface area contributed by atoms with E-state index in [4.69, 9.17) is 0 Å². The molecule has 1 atom stereocenters. The van der Waals surface area contributed by atoms with E-state index < -0.39 is 6.04 Å². The molecule has 0 aromatic heterocycles. The van der Waals surface area contributed by atoms with Gasteiger partial charge in [-0.1, -0.05) is 68.4 Å². The summed E-state index contributed by atoms with van der Waals surface area (Å²) in [6.45, 7) is 8.54. The van der Waals surface area contributed by atoms with E-state index in [1.54, 1.807) is 4.90 Å². The molecule has 0 spiro atoms. The predicted molar refractivity (Wildman–Crippen MR) is 123 cm³/mol. The summed E-state index contributed by atoms with van der Waals surface area (Å²) >= 11 is 0. The molecule has 0 heterocycles. The topological polar surface area (TPSA) is 49.4 Å². The Hall–Kier alpha value is -2.62. The predicted octanol–water partition coefficient (Wildman–Crippen LogP) is 4.56. The lowest BCUT2D eigenvalue weighted by atomic mass is 10.0. The van der Waals surface area contributed by atoms with Crippen LogP contribution in [-0.4, -0.2) is 35.3 Å². The van der Waals surface area contributed by atoms with Crippen LogP contribution in [-0.2, 0) is 28.9 Å². The van der Waals surface area contributed by atoms with E-state index in [2.05, 4.69) is 48.6 Å². The van der Waals surface area contributed by atoms with Gasteiger partial charge in [-0.25, -0.2) is 0 Å². The summed E-state index contributed by atoms with van der Waals surface area (Å²) in [6, 6.07) is 18.2. The van der Waals surface area contributed by atoms with Gasteiger partial charge in [0.15, 0.2) is 0 Å². The third-order valence-electron chi connectivity index (χ3n) is 5.36. The average Bonchev–Trinajstić information content (AvgIpc) is 2.75. The molecule has 162 valence electrons. The van der Waals surface area contributed by atoms with Gasteiger partial charge >= 0.3 is 0 Å². The molecule has 2 amide bonds. The van der Waals surface area contributed by atoms with Gasteiger partial charge in [-0.2, -0.15) is 0 Å². The van der Waals surface area contributed by atoms with Gasteiger partial charge in [0.25, 0.3) is 0 Å². The number of nitrogens with one attached hydrogen (secondary N) is 1. The van der Waals surface area contributed by atoms with Crippen LogP contribution in [0.25, 0.3) is 0 Å². The van der Waals surface area contributed by atoms with E-state index in [9.17, 15) is 9.59 Å². The molecule has 2 aromatic rings. The largest absolute Gasteiger partial charge is 0.352 e. The van der Waals surface area contributed by atoms with Gasteiger partial charge in [0.2, 0.25) is 11.8 Å². The first-order chi connectivity index (χ1) is 14.4. The highest BCUT2D eigenvalue weighted by molar-refractivity contribution is 5.87. The molecule has 0 saturated carbocycles. The number of carbonyl (C=O) groups is 2. The van der Waals surface area contributed by atoms with Crippen molar-refractivity contribution in [1.29, 1.82) is 0 Å². The van der Waals surface area contributed by atoms with Gasteiger partial charge in [-0.15, -0.1) is 0 Å². The Balaban J connectivity index is 2.10. The van der Waals surface area contributed by atoms with Crippen LogP contribution in [0.5, 0.6) is 0 Å². The zero-order valence-electron chi connectivity index (χ0n) is 18.9. The number of benzene rings is 2. The van der Waals surface area contributed by atoms with Crippen LogP contribution in [0, 0.1) is 0 Å². The van der Waals surface area contributed by atoms with Crippen molar-refractivity contribution in [3.05, 3.63) is 71.3 Å². The maximum atomic E-state index is 13.2. The Kier molecular flexibility index (Phi) is 9.59. The summed E-state index contributed by atoms with van der Waals surface area (Å²) in [5, 5.41) is 2.98. The van der Waals surface area contributed by atoms with Gasteiger partial charge < -0.3 is 10.2 Å². The van der Waals surface area contributed by atoms with Crippen molar-refractivity contribution in [1.82, 2.24) is 10.2 Å². The maximum Gasteiger partial charge on any atom is 0.242 e. The van der Waals surface area contributed by atoms with E-state index in [0.29, 0.717) is 25.8 Å². The van der Waals surface area contributed by atoms with Crippen LogP contribution in [0.2, 0.25) is 0 Å². The highest BCUT2D eigenvalue weighted by Gasteiger charge is 2.28. The van der Waals surface area contributed by atoms with Crippen LogP contribution in [0.15, 0.2) is 54.6 Å². The first kappa shape index (κ1) is 23.7. The van der Waals surface area contributed by atoms with Crippen LogP contribution >= 0.6 is 0 Å². The zero-order chi connectivity index (χ0) is 21.9. The number of rotatable bonds is 11. The van der Waals surface area contributed by atoms with Crippen LogP contribution in [0.4, 0.5) is 0 Å². The Morgan fingerprint density at radius 1 is 0.867 bits per heavy atom. The molecule has 0 bridgehead atoms. The molecule has 4 nitrogen and oxygen atoms in total. The summed E-state index contributed by atoms with van der Waals surface area (Å²) in [4.78, 5) is 27.8. The van der Waals surface area contributed by atoms with Crippen molar-refractivity contribution in [3.8, 4) is 0 Å². The van der Waals surface area contributed by atoms with E-state index in [0.717, 1.165) is 18.4 Å². The first-order valence-corrected chi connectivity index (χ1v) is 11.2. The molecule has 0 fully saturated rings. The monoisotopic (exact) mass is 408 g/mol. The molecule has 2 rings (SSSR count). The normalized spacial score (nSPS) is 11.9. The minimum Gasteiger partial charge on any atom is -0.352 e. The standard InChI is InChI=1S/C26H36N2O2/c1-5-21-12-14-23(15-13-21)16-17-25(29)28(19-18-22-10-8-7-9-11-22)24(6-2)26(30)27-20(3)4/h7-15,20,24H,5-6,16-19H2,1-4H3,(H,27,30)/t24-/m1/s1. The summed E-state index contributed by atoms with van der Waals surface area (Å²) < 4.78 is 0. The van der Waals surface area contributed by atoms with E-state index in [1.807, 2.05) is 39.0 Å². The average molecular weight is 409 g/mol. The van der Waals surface area contributed by atoms with E-state index in [1.165, 1.54) is 11.1 Å². The van der Waals surface area contributed by atoms with Crippen LogP contribution < -0.4 is 5.32 Å². The molecule has 2 aromatic carbocycles. The molecule has 4 heteroatoms. The number of hydrogen-bond acceptors (Lipinski definition) is 2. The summed E-state index contributed by atoms with van der Waals surface area (Å²) in [7, 11) is 0. The van der Waals surface area contributed by atoms with Crippen molar-refractivity contribution in [2.75, 3.05) is 6.54 Å². The third kappa shape index (κ3) is 7.33. The van der Waals surface area contributed by atoms with Crippen LogP contribution in [0.1, 0.15) is 57.2 Å². The molecule has 0 aliphatic carbocycles. The number of amides is 2. The number of nitrogens with zero attached hydrogens (tertiary/aromatic N) is 1. The molecule has 30 heavy (non-hydrogen) atoms. The SMILES string of the molecule is CCc1ccc(CCC(=O)N(CCc2ccccc2)[C@H](CC)C(=O)NC(C)C)cc1. The lowest BCUT2D eigenvalue weighted by Gasteiger charge is -2.31. The molecule has 0 unspecified atom stereocenters. The van der Waals surface area contributed by atoms with Gasteiger partial charge in [0, 0.05) is 19.0 Å². The maximum absolute atomic E-state index is 13.2. The van der Waals surface area contributed by atoms with Crippen molar-refractivity contribution < 1.29 is 9.59 Å².